The van der Waals surface area contributed by atoms with Gasteiger partial charge >= 0.3 is 0 Å². The Morgan fingerprint density at radius 3 is 3.08 bits per heavy atom. The lowest BCUT2D eigenvalue weighted by Crippen LogP contribution is -2.05. The number of hydrogen-bond donors (Lipinski definition) is 1. The molecule has 0 saturated carbocycles. The van der Waals surface area contributed by atoms with E-state index in [9.17, 15) is 0 Å². The van der Waals surface area contributed by atoms with Gasteiger partial charge in [0.05, 0.1) is 0 Å². The van der Waals surface area contributed by atoms with Crippen LogP contribution in [0, 0.1) is 0 Å². The van der Waals surface area contributed by atoms with Crippen LogP contribution in [0.15, 0.2) is 17.5 Å². The van der Waals surface area contributed by atoms with E-state index in [4.69, 9.17) is 11.6 Å². The van der Waals surface area contributed by atoms with Crippen molar-refractivity contribution in [1.82, 2.24) is 5.32 Å². The maximum absolute atomic E-state index is 5.90. The largest absolute Gasteiger partial charge is 0.319 e. The molecule has 1 heterocycles. The standard InChI is InChI=1S/C9H12ClNS/c1-11-6-3-2-4-8-5-7-12-9(8)10/h2,4-5,7,11H,3,6H2,1H3. The average Bonchev–Trinajstić information content (AvgIpc) is 2.46. The Morgan fingerprint density at radius 2 is 2.50 bits per heavy atom. The Kier molecular flexibility index (Phi) is 4.36. The molecule has 1 aromatic rings. The minimum Gasteiger partial charge on any atom is -0.319 e. The highest BCUT2D eigenvalue weighted by Gasteiger charge is 1.94. The molecule has 0 bridgehead atoms. The lowest BCUT2D eigenvalue weighted by Gasteiger charge is -1.91. The van der Waals surface area contributed by atoms with Gasteiger partial charge in [0.1, 0.15) is 4.34 Å². The molecule has 1 aromatic heterocycles. The molecular weight excluding hydrogens is 190 g/mol. The molecule has 0 saturated heterocycles. The number of thiophene rings is 1. The van der Waals surface area contributed by atoms with Crippen LogP contribution in [-0.4, -0.2) is 13.6 Å². The smallest absolute Gasteiger partial charge is 0.100 e. The van der Waals surface area contributed by atoms with E-state index in [1.165, 1.54) is 0 Å². The topological polar surface area (TPSA) is 12.0 Å². The van der Waals surface area contributed by atoms with Crippen LogP contribution in [-0.2, 0) is 0 Å². The van der Waals surface area contributed by atoms with Gasteiger partial charge in [-0.3, -0.25) is 0 Å². The first-order valence-corrected chi connectivity index (χ1v) is 5.14. The number of rotatable bonds is 4. The van der Waals surface area contributed by atoms with E-state index >= 15 is 0 Å². The molecule has 0 aliphatic carbocycles. The summed E-state index contributed by atoms with van der Waals surface area (Å²) in [6.45, 7) is 1.01. The molecule has 0 aromatic carbocycles. The number of halogens is 1. The van der Waals surface area contributed by atoms with Crippen LogP contribution in [0.3, 0.4) is 0 Å². The fourth-order valence-corrected chi connectivity index (χ4v) is 1.75. The second-order valence-corrected chi connectivity index (χ2v) is 3.96. The predicted molar refractivity (Wildman–Crippen MR) is 56.9 cm³/mol. The van der Waals surface area contributed by atoms with E-state index in [1.807, 2.05) is 18.5 Å². The first-order valence-electron chi connectivity index (χ1n) is 3.88. The van der Waals surface area contributed by atoms with Gasteiger partial charge in [0.25, 0.3) is 0 Å². The molecule has 0 unspecified atom stereocenters. The molecule has 3 heteroatoms. The van der Waals surface area contributed by atoms with Crippen LogP contribution in [0.1, 0.15) is 12.0 Å². The van der Waals surface area contributed by atoms with E-state index in [-0.39, 0.29) is 0 Å². The van der Waals surface area contributed by atoms with Crippen molar-refractivity contribution in [2.75, 3.05) is 13.6 Å². The summed E-state index contributed by atoms with van der Waals surface area (Å²) in [4.78, 5) is 0. The number of nitrogens with one attached hydrogen (secondary N) is 1. The van der Waals surface area contributed by atoms with Gasteiger partial charge in [0.2, 0.25) is 0 Å². The fraction of sp³-hybridized carbons (Fsp3) is 0.333. The van der Waals surface area contributed by atoms with E-state index in [0.29, 0.717) is 0 Å². The fourth-order valence-electron chi connectivity index (χ4n) is 0.860. The highest BCUT2D eigenvalue weighted by molar-refractivity contribution is 7.14. The molecule has 0 radical (unpaired) electrons. The maximum atomic E-state index is 5.90. The van der Waals surface area contributed by atoms with Gasteiger partial charge in [0.15, 0.2) is 0 Å². The lowest BCUT2D eigenvalue weighted by atomic mass is 10.3. The molecular formula is C9H12ClNS. The molecule has 0 amide bonds. The van der Waals surface area contributed by atoms with Crippen molar-refractivity contribution < 1.29 is 0 Å². The van der Waals surface area contributed by atoms with Crippen LogP contribution >= 0.6 is 22.9 Å². The lowest BCUT2D eigenvalue weighted by molar-refractivity contribution is 0.809. The summed E-state index contributed by atoms with van der Waals surface area (Å²) in [6.07, 6.45) is 5.24. The summed E-state index contributed by atoms with van der Waals surface area (Å²) in [7, 11) is 1.95. The van der Waals surface area contributed by atoms with E-state index < -0.39 is 0 Å². The van der Waals surface area contributed by atoms with Crippen molar-refractivity contribution in [2.24, 2.45) is 0 Å². The third-order valence-electron chi connectivity index (χ3n) is 1.50. The van der Waals surface area contributed by atoms with Crippen LogP contribution < -0.4 is 5.32 Å². The molecule has 1 N–H and O–H groups in total. The van der Waals surface area contributed by atoms with Crippen molar-refractivity contribution >= 4 is 29.0 Å². The van der Waals surface area contributed by atoms with E-state index in [1.54, 1.807) is 11.3 Å². The Bertz CT molecular complexity index is 255. The molecule has 1 nitrogen and oxygen atoms in total. The van der Waals surface area contributed by atoms with Crippen molar-refractivity contribution in [3.05, 3.63) is 27.4 Å². The molecule has 0 atom stereocenters. The number of hydrogen-bond acceptors (Lipinski definition) is 2. The SMILES string of the molecule is CNCCC=Cc1ccsc1Cl. The summed E-state index contributed by atoms with van der Waals surface area (Å²) in [5.74, 6) is 0. The van der Waals surface area contributed by atoms with E-state index in [2.05, 4.69) is 17.5 Å². The van der Waals surface area contributed by atoms with Gasteiger partial charge in [-0.25, -0.2) is 0 Å². The minimum absolute atomic E-state index is 0.871. The molecule has 0 fully saturated rings. The van der Waals surface area contributed by atoms with E-state index in [0.717, 1.165) is 22.9 Å². The Morgan fingerprint density at radius 1 is 1.67 bits per heavy atom. The molecule has 0 spiro atoms. The van der Waals surface area contributed by atoms with Gasteiger partial charge in [0, 0.05) is 5.56 Å². The van der Waals surface area contributed by atoms with Crippen LogP contribution in [0.25, 0.3) is 6.08 Å². The van der Waals surface area contributed by atoms with Gasteiger partial charge in [-0.2, -0.15) is 0 Å². The monoisotopic (exact) mass is 201 g/mol. The van der Waals surface area contributed by atoms with Crippen molar-refractivity contribution in [1.29, 1.82) is 0 Å². The third kappa shape index (κ3) is 2.97. The molecule has 0 aliphatic heterocycles. The average molecular weight is 202 g/mol. The normalized spacial score (nSPS) is 11.2. The highest BCUT2D eigenvalue weighted by Crippen LogP contribution is 2.23. The summed E-state index contributed by atoms with van der Waals surface area (Å²) in [5.41, 5.74) is 1.12. The van der Waals surface area contributed by atoms with Gasteiger partial charge < -0.3 is 5.32 Å². The summed E-state index contributed by atoms with van der Waals surface area (Å²) < 4.78 is 0.871. The Hall–Kier alpha value is -0.310. The Balaban J connectivity index is 2.41. The maximum Gasteiger partial charge on any atom is 0.100 e. The second kappa shape index (κ2) is 5.36. The first-order chi connectivity index (χ1) is 5.84. The zero-order chi connectivity index (χ0) is 8.81. The van der Waals surface area contributed by atoms with Gasteiger partial charge in [-0.15, -0.1) is 11.3 Å². The zero-order valence-electron chi connectivity index (χ0n) is 7.01. The minimum atomic E-state index is 0.871. The van der Waals surface area contributed by atoms with Gasteiger partial charge in [-0.05, 0) is 31.5 Å². The summed E-state index contributed by atoms with van der Waals surface area (Å²) in [6, 6.07) is 2.03. The zero-order valence-corrected chi connectivity index (χ0v) is 8.58. The Labute approximate surface area is 82.1 Å². The second-order valence-electron chi connectivity index (χ2n) is 2.44. The van der Waals surface area contributed by atoms with Crippen LogP contribution in [0.5, 0.6) is 0 Å². The van der Waals surface area contributed by atoms with Gasteiger partial charge in [-0.1, -0.05) is 23.8 Å². The van der Waals surface area contributed by atoms with Crippen molar-refractivity contribution in [2.45, 2.75) is 6.42 Å². The summed E-state index contributed by atoms with van der Waals surface area (Å²) in [5, 5.41) is 5.08. The van der Waals surface area contributed by atoms with Crippen LogP contribution in [0.2, 0.25) is 4.34 Å². The molecule has 66 valence electrons. The van der Waals surface area contributed by atoms with Crippen molar-refractivity contribution in [3.63, 3.8) is 0 Å². The quantitative estimate of drug-likeness (QED) is 0.739. The molecule has 12 heavy (non-hydrogen) atoms. The van der Waals surface area contributed by atoms with Crippen LogP contribution in [0.4, 0.5) is 0 Å². The third-order valence-corrected chi connectivity index (χ3v) is 2.70. The predicted octanol–water partition coefficient (Wildman–Crippen LogP) is 3.02. The molecule has 1 rings (SSSR count). The summed E-state index contributed by atoms with van der Waals surface area (Å²) >= 11 is 7.47. The first kappa shape index (κ1) is 9.78. The van der Waals surface area contributed by atoms with Crippen molar-refractivity contribution in [3.8, 4) is 0 Å². The highest BCUT2D eigenvalue weighted by atomic mass is 35.5. The molecule has 0 aliphatic rings.